The van der Waals surface area contributed by atoms with E-state index in [2.05, 4.69) is 28.2 Å². The molecule has 5 aromatic rings. The van der Waals surface area contributed by atoms with Gasteiger partial charge in [-0.1, -0.05) is 42.5 Å². The van der Waals surface area contributed by atoms with Crippen LogP contribution in [0.4, 0.5) is 0 Å². The lowest BCUT2D eigenvalue weighted by molar-refractivity contribution is 0.653. The zero-order valence-corrected chi connectivity index (χ0v) is 14.7. The standard InChI is InChI=1S/C24H18N2O/c1-15-14-25-22(13-21(15)17-7-4-3-5-8-17)20-10-6-9-18-19-12-11-16(2)26-24(19)27-23(18)20/h3-14H,1-2H3/i2D3. The second-order valence-electron chi connectivity index (χ2n) is 6.58. The first-order valence-electron chi connectivity index (χ1n) is 10.3. The molecular weight excluding hydrogens is 332 g/mol. The average Bonchev–Trinajstić information content (AvgIpc) is 3.12. The molecule has 0 atom stereocenters. The van der Waals surface area contributed by atoms with Crippen LogP contribution in [0.15, 0.2) is 77.3 Å². The Balaban J connectivity index is 1.72. The first kappa shape index (κ1) is 12.8. The predicted octanol–water partition coefficient (Wildman–Crippen LogP) is 6.33. The molecule has 130 valence electrons. The van der Waals surface area contributed by atoms with Crippen LogP contribution in [0.5, 0.6) is 0 Å². The van der Waals surface area contributed by atoms with Gasteiger partial charge in [0.25, 0.3) is 0 Å². The lowest BCUT2D eigenvalue weighted by atomic mass is 9.99. The normalized spacial score (nSPS) is 13.4. The summed E-state index contributed by atoms with van der Waals surface area (Å²) in [5.74, 6) is 0. The molecule has 5 rings (SSSR count). The lowest BCUT2D eigenvalue weighted by Crippen LogP contribution is -1.90. The Labute approximate surface area is 161 Å². The highest BCUT2D eigenvalue weighted by Crippen LogP contribution is 2.36. The SMILES string of the molecule is [2H]C([2H])([2H])c1ccc2c(n1)oc1c(-c3cc(-c4ccccc4)c(C)cn3)cccc12. The Kier molecular flexibility index (Phi) is 2.88. The molecule has 0 aliphatic heterocycles. The quantitative estimate of drug-likeness (QED) is 0.372. The van der Waals surface area contributed by atoms with Crippen LogP contribution >= 0.6 is 0 Å². The molecule has 0 aliphatic rings. The maximum absolute atomic E-state index is 7.60. The number of benzene rings is 2. The van der Waals surface area contributed by atoms with E-state index in [1.54, 1.807) is 6.07 Å². The van der Waals surface area contributed by atoms with E-state index < -0.39 is 6.85 Å². The van der Waals surface area contributed by atoms with Crippen molar-refractivity contribution in [3.05, 3.63) is 84.2 Å². The van der Waals surface area contributed by atoms with Gasteiger partial charge in [-0.3, -0.25) is 4.98 Å². The van der Waals surface area contributed by atoms with Crippen molar-refractivity contribution in [1.82, 2.24) is 9.97 Å². The molecule has 0 N–H and O–H groups in total. The van der Waals surface area contributed by atoms with Crippen molar-refractivity contribution in [1.29, 1.82) is 0 Å². The molecule has 3 heterocycles. The van der Waals surface area contributed by atoms with Crippen LogP contribution < -0.4 is 0 Å². The third-order valence-electron chi connectivity index (χ3n) is 4.83. The molecule has 0 amide bonds. The molecule has 2 aromatic carbocycles. The summed E-state index contributed by atoms with van der Waals surface area (Å²) in [4.78, 5) is 8.89. The number of fused-ring (bicyclic) bond motifs is 3. The summed E-state index contributed by atoms with van der Waals surface area (Å²) < 4.78 is 28.9. The second kappa shape index (κ2) is 6.06. The molecule has 27 heavy (non-hydrogen) atoms. The molecule has 3 aromatic heterocycles. The maximum Gasteiger partial charge on any atom is 0.227 e. The number of para-hydroxylation sites is 1. The molecule has 0 aliphatic carbocycles. The summed E-state index contributed by atoms with van der Waals surface area (Å²) in [6.45, 7) is -0.236. The molecule has 0 radical (unpaired) electrons. The molecule has 0 saturated heterocycles. The maximum atomic E-state index is 7.60. The molecule has 0 spiro atoms. The van der Waals surface area contributed by atoms with Gasteiger partial charge in [-0.05, 0) is 54.7 Å². The van der Waals surface area contributed by atoms with Gasteiger partial charge < -0.3 is 4.42 Å². The highest BCUT2D eigenvalue weighted by Gasteiger charge is 2.15. The predicted molar refractivity (Wildman–Crippen MR) is 110 cm³/mol. The Morgan fingerprint density at radius 3 is 2.63 bits per heavy atom. The second-order valence-corrected chi connectivity index (χ2v) is 6.58. The fourth-order valence-electron chi connectivity index (χ4n) is 3.48. The van der Waals surface area contributed by atoms with E-state index >= 15 is 0 Å². The third kappa shape index (κ3) is 2.59. The van der Waals surface area contributed by atoms with Crippen molar-refractivity contribution >= 4 is 22.1 Å². The van der Waals surface area contributed by atoms with Gasteiger partial charge in [0, 0.05) is 32.3 Å². The molecular formula is C24H18N2O. The van der Waals surface area contributed by atoms with Crippen molar-refractivity contribution in [2.75, 3.05) is 0 Å². The summed E-state index contributed by atoms with van der Waals surface area (Å²) in [5.41, 5.74) is 5.95. The van der Waals surface area contributed by atoms with Crippen molar-refractivity contribution in [2.45, 2.75) is 13.8 Å². The first-order valence-corrected chi connectivity index (χ1v) is 8.77. The Hall–Kier alpha value is -3.46. The number of hydrogen-bond acceptors (Lipinski definition) is 3. The Morgan fingerprint density at radius 2 is 1.78 bits per heavy atom. The van der Waals surface area contributed by atoms with E-state index in [-0.39, 0.29) is 5.69 Å². The zero-order chi connectivity index (χ0) is 20.9. The largest absolute Gasteiger partial charge is 0.437 e. The van der Waals surface area contributed by atoms with E-state index in [4.69, 9.17) is 8.53 Å². The van der Waals surface area contributed by atoms with Crippen LogP contribution in [-0.4, -0.2) is 9.97 Å². The van der Waals surface area contributed by atoms with Crippen LogP contribution in [0.3, 0.4) is 0 Å². The fourth-order valence-corrected chi connectivity index (χ4v) is 3.48. The van der Waals surface area contributed by atoms with E-state index in [0.29, 0.717) is 11.3 Å². The number of hydrogen-bond donors (Lipinski definition) is 0. The number of pyridine rings is 2. The summed E-state index contributed by atoms with van der Waals surface area (Å²) in [6, 6.07) is 21.4. The minimum Gasteiger partial charge on any atom is -0.437 e. The van der Waals surface area contributed by atoms with E-state index in [1.807, 2.05) is 49.5 Å². The summed E-state index contributed by atoms with van der Waals surface area (Å²) in [7, 11) is 0. The third-order valence-corrected chi connectivity index (χ3v) is 4.83. The van der Waals surface area contributed by atoms with E-state index in [9.17, 15) is 0 Å². The zero-order valence-electron chi connectivity index (χ0n) is 17.7. The monoisotopic (exact) mass is 353 g/mol. The highest BCUT2D eigenvalue weighted by atomic mass is 16.3. The number of nitrogens with zero attached hydrogens (tertiary/aromatic N) is 2. The fraction of sp³-hybridized carbons (Fsp3) is 0.0833. The van der Waals surface area contributed by atoms with Gasteiger partial charge in [-0.15, -0.1) is 0 Å². The minimum absolute atomic E-state index is 0.0235. The lowest BCUT2D eigenvalue weighted by Gasteiger charge is -2.09. The first-order chi connectivity index (χ1) is 14.4. The van der Waals surface area contributed by atoms with Gasteiger partial charge in [0.2, 0.25) is 5.71 Å². The van der Waals surface area contributed by atoms with Gasteiger partial charge in [-0.25, -0.2) is 4.98 Å². The number of rotatable bonds is 2. The van der Waals surface area contributed by atoms with Crippen molar-refractivity contribution in [3.8, 4) is 22.4 Å². The van der Waals surface area contributed by atoms with Gasteiger partial charge in [0.15, 0.2) is 0 Å². The van der Waals surface area contributed by atoms with Crippen LogP contribution in [-0.2, 0) is 0 Å². The van der Waals surface area contributed by atoms with Crippen LogP contribution in [0.2, 0.25) is 0 Å². The summed E-state index contributed by atoms with van der Waals surface area (Å²) in [5, 5.41) is 1.67. The topological polar surface area (TPSA) is 38.9 Å². The molecule has 0 bridgehead atoms. The number of furan rings is 1. The van der Waals surface area contributed by atoms with Gasteiger partial charge in [-0.2, -0.15) is 0 Å². The number of aromatic nitrogens is 2. The molecule has 3 nitrogen and oxygen atoms in total. The van der Waals surface area contributed by atoms with Gasteiger partial charge in [0.05, 0.1) is 5.69 Å². The van der Waals surface area contributed by atoms with Gasteiger partial charge >= 0.3 is 0 Å². The smallest absolute Gasteiger partial charge is 0.227 e. The van der Waals surface area contributed by atoms with Crippen LogP contribution in [0.25, 0.3) is 44.5 Å². The minimum atomic E-state index is -2.28. The van der Waals surface area contributed by atoms with E-state index in [0.717, 1.165) is 38.7 Å². The average molecular weight is 353 g/mol. The van der Waals surface area contributed by atoms with Crippen molar-refractivity contribution < 1.29 is 8.53 Å². The van der Waals surface area contributed by atoms with Crippen LogP contribution in [0.1, 0.15) is 15.4 Å². The molecule has 0 fully saturated rings. The summed E-state index contributed by atoms with van der Waals surface area (Å²) >= 11 is 0. The molecule has 0 unspecified atom stereocenters. The molecule has 3 heteroatoms. The van der Waals surface area contributed by atoms with E-state index in [1.165, 1.54) is 6.07 Å². The van der Waals surface area contributed by atoms with Gasteiger partial charge in [0.1, 0.15) is 5.58 Å². The Morgan fingerprint density at radius 1 is 0.889 bits per heavy atom. The number of aryl methyl sites for hydroxylation is 2. The Bertz CT molecular complexity index is 1390. The van der Waals surface area contributed by atoms with Crippen molar-refractivity contribution in [2.24, 2.45) is 0 Å². The molecule has 0 saturated carbocycles. The van der Waals surface area contributed by atoms with Crippen molar-refractivity contribution in [3.63, 3.8) is 0 Å². The van der Waals surface area contributed by atoms with Crippen LogP contribution in [0, 0.1) is 13.8 Å². The summed E-state index contributed by atoms with van der Waals surface area (Å²) in [6.07, 6.45) is 1.87. The highest BCUT2D eigenvalue weighted by molar-refractivity contribution is 6.08.